The van der Waals surface area contributed by atoms with Crippen molar-refractivity contribution in [2.75, 3.05) is 39.4 Å². The first-order chi connectivity index (χ1) is 12.7. The molecule has 138 valence electrons. The van der Waals surface area contributed by atoms with Gasteiger partial charge in [0, 0.05) is 31.7 Å². The average molecular weight is 358 g/mol. The first-order valence-electron chi connectivity index (χ1n) is 8.85. The molecule has 2 aliphatic rings. The quantitative estimate of drug-likeness (QED) is 0.795. The molecule has 1 aromatic carbocycles. The van der Waals surface area contributed by atoms with Crippen molar-refractivity contribution in [1.29, 1.82) is 0 Å². The highest BCUT2D eigenvalue weighted by atomic mass is 16.5. The molecule has 9 heteroatoms. The highest BCUT2D eigenvalue weighted by molar-refractivity contribution is 5.94. The molecule has 0 bridgehead atoms. The van der Waals surface area contributed by atoms with Crippen LogP contribution in [0.15, 0.2) is 30.6 Å². The topological polar surface area (TPSA) is 96.6 Å². The summed E-state index contributed by atoms with van der Waals surface area (Å²) in [5.41, 5.74) is 1.46. The van der Waals surface area contributed by atoms with Crippen molar-refractivity contribution < 1.29 is 14.6 Å². The Morgan fingerprint density at radius 1 is 1.12 bits per heavy atom. The molecule has 0 unspecified atom stereocenters. The second kappa shape index (κ2) is 7.48. The third kappa shape index (κ3) is 3.46. The van der Waals surface area contributed by atoms with Crippen LogP contribution in [0.3, 0.4) is 0 Å². The Hall–Kier alpha value is -2.36. The minimum Gasteiger partial charge on any atom is -0.389 e. The maximum absolute atomic E-state index is 12.8. The molecule has 1 aromatic heterocycles. The van der Waals surface area contributed by atoms with Crippen molar-refractivity contribution >= 4 is 5.91 Å². The summed E-state index contributed by atoms with van der Waals surface area (Å²) >= 11 is 0. The lowest BCUT2D eigenvalue weighted by atomic mass is 10.1. The van der Waals surface area contributed by atoms with Gasteiger partial charge < -0.3 is 14.7 Å². The van der Waals surface area contributed by atoms with Crippen molar-refractivity contribution in [2.24, 2.45) is 0 Å². The Morgan fingerprint density at radius 2 is 1.96 bits per heavy atom. The molecular weight excluding hydrogens is 336 g/mol. The van der Waals surface area contributed by atoms with Gasteiger partial charge in [0.2, 0.25) is 0 Å². The molecule has 2 aliphatic heterocycles. The van der Waals surface area contributed by atoms with Gasteiger partial charge in [-0.1, -0.05) is 0 Å². The number of carbonyl (C=O) groups excluding carboxylic acids is 1. The van der Waals surface area contributed by atoms with Crippen molar-refractivity contribution in [3.63, 3.8) is 0 Å². The van der Waals surface area contributed by atoms with Crippen LogP contribution in [0, 0.1) is 0 Å². The van der Waals surface area contributed by atoms with Gasteiger partial charge in [0.15, 0.2) is 0 Å². The first-order valence-corrected chi connectivity index (χ1v) is 8.85. The van der Waals surface area contributed by atoms with E-state index in [1.165, 1.54) is 6.33 Å². The second-order valence-corrected chi connectivity index (χ2v) is 6.66. The second-order valence-electron chi connectivity index (χ2n) is 6.66. The maximum atomic E-state index is 12.8. The summed E-state index contributed by atoms with van der Waals surface area (Å²) in [4.78, 5) is 17.0. The SMILES string of the molecule is O=C(c1ccc(-n2cnnn2)cc1)N1CCCN([C@@H]2COC[C@H]2O)CC1. The lowest BCUT2D eigenvalue weighted by Crippen LogP contribution is -2.45. The van der Waals surface area contributed by atoms with E-state index in [-0.39, 0.29) is 11.9 Å². The van der Waals surface area contributed by atoms with Gasteiger partial charge in [-0.15, -0.1) is 5.10 Å². The van der Waals surface area contributed by atoms with E-state index in [1.807, 2.05) is 17.0 Å². The fourth-order valence-corrected chi connectivity index (χ4v) is 3.57. The van der Waals surface area contributed by atoms with E-state index in [2.05, 4.69) is 20.4 Å². The van der Waals surface area contributed by atoms with E-state index in [9.17, 15) is 9.90 Å². The number of hydrogen-bond acceptors (Lipinski definition) is 7. The van der Waals surface area contributed by atoms with Crippen molar-refractivity contribution in [2.45, 2.75) is 18.6 Å². The molecule has 2 atom stereocenters. The summed E-state index contributed by atoms with van der Waals surface area (Å²) in [6.45, 7) is 3.95. The summed E-state index contributed by atoms with van der Waals surface area (Å²) in [5.74, 6) is 0.0262. The van der Waals surface area contributed by atoms with Crippen molar-refractivity contribution in [3.05, 3.63) is 36.2 Å². The van der Waals surface area contributed by atoms with E-state index < -0.39 is 6.10 Å². The number of nitrogens with zero attached hydrogens (tertiary/aromatic N) is 6. The zero-order valence-electron chi connectivity index (χ0n) is 14.4. The molecular formula is C17H22N6O3. The number of tetrazole rings is 1. The van der Waals surface area contributed by atoms with Gasteiger partial charge in [-0.05, 0) is 41.1 Å². The summed E-state index contributed by atoms with van der Waals surface area (Å²) in [7, 11) is 0. The number of amides is 1. The van der Waals surface area contributed by atoms with Crippen molar-refractivity contribution in [1.82, 2.24) is 30.0 Å². The van der Waals surface area contributed by atoms with E-state index in [0.29, 0.717) is 31.9 Å². The Balaban J connectivity index is 1.40. The van der Waals surface area contributed by atoms with Gasteiger partial charge in [0.25, 0.3) is 5.91 Å². The molecule has 1 amide bonds. The van der Waals surface area contributed by atoms with Crippen LogP contribution in [0.4, 0.5) is 0 Å². The van der Waals surface area contributed by atoms with Crippen LogP contribution in [0.1, 0.15) is 16.8 Å². The standard InChI is InChI=1S/C17H22N6O3/c24-16-11-26-10-15(16)21-6-1-7-22(9-8-21)17(25)13-2-4-14(5-3-13)23-12-18-19-20-23/h2-5,12,15-16,24H,1,6-11H2/t15-,16-/m1/s1. The van der Waals surface area contributed by atoms with Gasteiger partial charge in [0.1, 0.15) is 6.33 Å². The van der Waals surface area contributed by atoms with Gasteiger partial charge >= 0.3 is 0 Å². The number of aliphatic hydroxyl groups excluding tert-OH is 1. The zero-order chi connectivity index (χ0) is 17.9. The zero-order valence-corrected chi connectivity index (χ0v) is 14.4. The number of rotatable bonds is 3. The smallest absolute Gasteiger partial charge is 0.253 e. The van der Waals surface area contributed by atoms with E-state index >= 15 is 0 Å². The van der Waals surface area contributed by atoms with Gasteiger partial charge in [-0.2, -0.15) is 0 Å². The van der Waals surface area contributed by atoms with Crippen LogP contribution in [0.2, 0.25) is 0 Å². The third-order valence-corrected chi connectivity index (χ3v) is 5.04. The monoisotopic (exact) mass is 358 g/mol. The fourth-order valence-electron chi connectivity index (χ4n) is 3.57. The lowest BCUT2D eigenvalue weighted by molar-refractivity contribution is 0.0725. The van der Waals surface area contributed by atoms with Crippen LogP contribution < -0.4 is 0 Å². The lowest BCUT2D eigenvalue weighted by Gasteiger charge is -2.28. The highest BCUT2D eigenvalue weighted by Gasteiger charge is 2.33. The van der Waals surface area contributed by atoms with Gasteiger partial charge in [-0.3, -0.25) is 9.69 Å². The predicted octanol–water partition coefficient (Wildman–Crippen LogP) is -0.430. The van der Waals surface area contributed by atoms with E-state index in [0.717, 1.165) is 25.2 Å². The number of aliphatic hydroxyl groups is 1. The summed E-state index contributed by atoms with van der Waals surface area (Å²) in [6, 6.07) is 7.31. The number of hydrogen-bond donors (Lipinski definition) is 1. The fraction of sp³-hybridized carbons (Fsp3) is 0.529. The van der Waals surface area contributed by atoms with Crippen LogP contribution in [-0.4, -0.2) is 92.6 Å². The predicted molar refractivity (Wildman–Crippen MR) is 91.9 cm³/mol. The maximum Gasteiger partial charge on any atom is 0.253 e. The molecule has 2 fully saturated rings. The molecule has 4 rings (SSSR count). The van der Waals surface area contributed by atoms with E-state index in [1.54, 1.807) is 16.8 Å². The Kier molecular flexibility index (Phi) is 4.91. The Morgan fingerprint density at radius 3 is 2.65 bits per heavy atom. The molecule has 0 aliphatic carbocycles. The van der Waals surface area contributed by atoms with E-state index in [4.69, 9.17) is 4.74 Å². The van der Waals surface area contributed by atoms with Crippen molar-refractivity contribution in [3.8, 4) is 5.69 Å². The minimum absolute atomic E-state index is 0.0262. The molecule has 26 heavy (non-hydrogen) atoms. The Labute approximate surface area is 151 Å². The Bertz CT molecular complexity index is 735. The number of aromatic nitrogens is 4. The largest absolute Gasteiger partial charge is 0.389 e. The molecule has 1 N–H and O–H groups in total. The van der Waals surface area contributed by atoms with Crippen LogP contribution >= 0.6 is 0 Å². The number of benzene rings is 1. The molecule has 0 saturated carbocycles. The van der Waals surface area contributed by atoms with Crippen LogP contribution in [0.25, 0.3) is 5.69 Å². The van der Waals surface area contributed by atoms with Crippen LogP contribution in [-0.2, 0) is 4.74 Å². The van der Waals surface area contributed by atoms with Crippen LogP contribution in [0.5, 0.6) is 0 Å². The molecule has 0 radical (unpaired) electrons. The molecule has 3 heterocycles. The van der Waals surface area contributed by atoms with Gasteiger partial charge in [-0.25, -0.2) is 4.68 Å². The average Bonchev–Trinajstić information content (AvgIpc) is 3.29. The van der Waals surface area contributed by atoms with Gasteiger partial charge in [0.05, 0.1) is 31.0 Å². The highest BCUT2D eigenvalue weighted by Crippen LogP contribution is 2.17. The molecule has 9 nitrogen and oxygen atoms in total. The number of ether oxygens (including phenoxy) is 1. The molecule has 0 spiro atoms. The molecule has 2 aromatic rings. The summed E-state index contributed by atoms with van der Waals surface area (Å²) < 4.78 is 6.91. The third-order valence-electron chi connectivity index (χ3n) is 5.04. The number of carbonyl (C=O) groups is 1. The summed E-state index contributed by atoms with van der Waals surface area (Å²) in [5, 5.41) is 21.1. The minimum atomic E-state index is -0.434. The molecule has 2 saturated heterocycles. The summed E-state index contributed by atoms with van der Waals surface area (Å²) in [6.07, 6.45) is 1.97. The normalized spacial score (nSPS) is 24.6. The first kappa shape index (κ1) is 17.1.